The molecule has 186 valence electrons. The molecule has 2 amide bonds. The van der Waals surface area contributed by atoms with Gasteiger partial charge in [0.1, 0.15) is 6.61 Å². The highest BCUT2D eigenvalue weighted by Gasteiger charge is 2.38. The van der Waals surface area contributed by atoms with E-state index in [1.54, 1.807) is 11.8 Å². The fraction of sp³-hybridized carbons (Fsp3) is 0.464. The monoisotopic (exact) mass is 478 g/mol. The smallest absolute Gasteiger partial charge is 0.407 e. The van der Waals surface area contributed by atoms with E-state index in [1.807, 2.05) is 31.2 Å². The number of aliphatic carboxylic acids is 1. The number of hydrogen-bond acceptors (Lipinski definition) is 4. The summed E-state index contributed by atoms with van der Waals surface area (Å²) in [5, 5.41) is 12.3. The molecule has 2 aromatic rings. The van der Waals surface area contributed by atoms with Gasteiger partial charge in [-0.2, -0.15) is 0 Å². The van der Waals surface area contributed by atoms with Crippen LogP contribution in [-0.2, 0) is 14.3 Å². The molecule has 35 heavy (non-hydrogen) atoms. The number of nitrogens with one attached hydrogen (secondary N) is 1. The number of carboxylic acid groups (broad SMARTS) is 1. The Bertz CT molecular complexity index is 1040. The fourth-order valence-corrected chi connectivity index (χ4v) is 5.10. The van der Waals surface area contributed by atoms with Crippen LogP contribution in [0.2, 0.25) is 0 Å². The lowest BCUT2D eigenvalue weighted by molar-refractivity contribution is -0.153. The van der Waals surface area contributed by atoms with Crippen molar-refractivity contribution in [2.24, 2.45) is 5.41 Å². The SMILES string of the molecule is CCC(CCC(=O)N1CCC(C)(C(=O)O)CC1)NC(=O)OCC1c2ccccc2-c2ccccc21. The van der Waals surface area contributed by atoms with Gasteiger partial charge in [0.05, 0.1) is 5.41 Å². The van der Waals surface area contributed by atoms with Crippen LogP contribution in [0.25, 0.3) is 11.1 Å². The molecule has 2 N–H and O–H groups in total. The normalized spacial score (nSPS) is 17.3. The van der Waals surface area contributed by atoms with Gasteiger partial charge in [0.15, 0.2) is 0 Å². The second-order valence-electron chi connectivity index (χ2n) is 9.86. The highest BCUT2D eigenvalue weighted by atomic mass is 16.5. The number of likely N-dealkylation sites (tertiary alicyclic amines) is 1. The number of nitrogens with zero attached hydrogens (tertiary/aromatic N) is 1. The van der Waals surface area contributed by atoms with Gasteiger partial charge in [-0.15, -0.1) is 0 Å². The zero-order valence-electron chi connectivity index (χ0n) is 20.5. The molecule has 1 heterocycles. The number of carboxylic acids is 1. The average molecular weight is 479 g/mol. The van der Waals surface area contributed by atoms with Crippen molar-refractivity contribution >= 4 is 18.0 Å². The van der Waals surface area contributed by atoms with E-state index in [-0.39, 0.29) is 24.5 Å². The summed E-state index contributed by atoms with van der Waals surface area (Å²) in [5.74, 6) is -0.793. The minimum atomic E-state index is -0.803. The lowest BCUT2D eigenvalue weighted by atomic mass is 9.80. The van der Waals surface area contributed by atoms with Gasteiger partial charge >= 0.3 is 12.1 Å². The largest absolute Gasteiger partial charge is 0.481 e. The first-order valence-electron chi connectivity index (χ1n) is 12.4. The van der Waals surface area contributed by atoms with Crippen LogP contribution in [0.5, 0.6) is 0 Å². The number of ether oxygens (including phenoxy) is 1. The number of hydrogen-bond donors (Lipinski definition) is 2. The first kappa shape index (κ1) is 24.8. The standard InChI is InChI=1S/C28H34N2O5/c1-3-19(12-13-25(31)30-16-14-28(2,15-17-30)26(32)33)29-27(34)35-18-24-22-10-6-4-8-20(22)21-9-5-7-11-23(21)24/h4-11,19,24H,3,12-18H2,1-2H3,(H,29,34)(H,32,33). The van der Waals surface area contributed by atoms with Crippen molar-refractivity contribution in [3.63, 3.8) is 0 Å². The van der Waals surface area contributed by atoms with E-state index in [0.29, 0.717) is 45.2 Å². The number of alkyl carbamates (subject to hydrolysis) is 1. The summed E-state index contributed by atoms with van der Waals surface area (Å²) in [5.41, 5.74) is 3.94. The summed E-state index contributed by atoms with van der Waals surface area (Å²) in [4.78, 5) is 38.4. The van der Waals surface area contributed by atoms with Crippen LogP contribution >= 0.6 is 0 Å². The van der Waals surface area contributed by atoms with Gasteiger partial charge < -0.3 is 20.1 Å². The molecule has 1 aliphatic heterocycles. The van der Waals surface area contributed by atoms with Crippen molar-refractivity contribution in [2.45, 2.75) is 57.9 Å². The van der Waals surface area contributed by atoms with Crippen molar-refractivity contribution in [2.75, 3.05) is 19.7 Å². The summed E-state index contributed by atoms with van der Waals surface area (Å²) < 4.78 is 5.64. The van der Waals surface area contributed by atoms with Gasteiger partial charge in [-0.05, 0) is 54.9 Å². The highest BCUT2D eigenvalue weighted by molar-refractivity contribution is 5.79. The van der Waals surface area contributed by atoms with E-state index in [4.69, 9.17) is 4.74 Å². The van der Waals surface area contributed by atoms with Crippen LogP contribution in [-0.4, -0.2) is 53.7 Å². The third-order valence-electron chi connectivity index (χ3n) is 7.60. The topological polar surface area (TPSA) is 95.9 Å². The predicted octanol–water partition coefficient (Wildman–Crippen LogP) is 4.80. The summed E-state index contributed by atoms with van der Waals surface area (Å²) in [6, 6.07) is 16.3. The van der Waals surface area contributed by atoms with Gasteiger partial charge in [0.25, 0.3) is 0 Å². The number of rotatable bonds is 8. The number of benzene rings is 2. The molecule has 1 saturated heterocycles. The Morgan fingerprint density at radius 1 is 1.06 bits per heavy atom. The Balaban J connectivity index is 1.26. The van der Waals surface area contributed by atoms with Crippen LogP contribution < -0.4 is 5.32 Å². The van der Waals surface area contributed by atoms with Gasteiger partial charge in [-0.3, -0.25) is 9.59 Å². The molecule has 1 aliphatic carbocycles. The molecule has 7 heteroatoms. The molecule has 0 aromatic heterocycles. The van der Waals surface area contributed by atoms with Gasteiger partial charge in [-0.1, -0.05) is 55.5 Å². The van der Waals surface area contributed by atoms with Crippen LogP contribution in [0, 0.1) is 5.41 Å². The van der Waals surface area contributed by atoms with E-state index in [2.05, 4.69) is 29.6 Å². The van der Waals surface area contributed by atoms with Crippen LogP contribution in [0.3, 0.4) is 0 Å². The number of carbonyl (C=O) groups excluding carboxylic acids is 2. The Morgan fingerprint density at radius 2 is 1.63 bits per heavy atom. The van der Waals surface area contributed by atoms with Gasteiger partial charge in [0.2, 0.25) is 5.91 Å². The fourth-order valence-electron chi connectivity index (χ4n) is 5.10. The molecule has 0 saturated carbocycles. The summed E-state index contributed by atoms with van der Waals surface area (Å²) in [6.07, 6.45) is 1.97. The molecule has 7 nitrogen and oxygen atoms in total. The third kappa shape index (κ3) is 5.34. The minimum Gasteiger partial charge on any atom is -0.481 e. The molecule has 0 spiro atoms. The number of carbonyl (C=O) groups is 3. The van der Waals surface area contributed by atoms with Crippen LogP contribution in [0.15, 0.2) is 48.5 Å². The first-order chi connectivity index (χ1) is 16.8. The molecule has 2 aromatic carbocycles. The van der Waals surface area contributed by atoms with Crippen LogP contribution in [0.4, 0.5) is 4.79 Å². The average Bonchev–Trinajstić information content (AvgIpc) is 3.19. The predicted molar refractivity (Wildman–Crippen MR) is 133 cm³/mol. The van der Waals surface area contributed by atoms with Crippen molar-refractivity contribution in [3.8, 4) is 11.1 Å². The molecule has 1 fully saturated rings. The van der Waals surface area contributed by atoms with Crippen molar-refractivity contribution in [1.82, 2.24) is 10.2 Å². The molecular weight excluding hydrogens is 444 g/mol. The second-order valence-corrected chi connectivity index (χ2v) is 9.86. The first-order valence-corrected chi connectivity index (χ1v) is 12.4. The maximum absolute atomic E-state index is 12.7. The number of amides is 2. The Morgan fingerprint density at radius 3 is 2.17 bits per heavy atom. The van der Waals surface area contributed by atoms with Crippen molar-refractivity contribution in [1.29, 1.82) is 0 Å². The molecule has 1 unspecified atom stereocenters. The van der Waals surface area contributed by atoms with E-state index < -0.39 is 17.5 Å². The highest BCUT2D eigenvalue weighted by Crippen LogP contribution is 2.44. The van der Waals surface area contributed by atoms with E-state index in [0.717, 1.165) is 0 Å². The maximum Gasteiger partial charge on any atom is 0.407 e. The Hall–Kier alpha value is -3.35. The zero-order valence-corrected chi connectivity index (χ0v) is 20.5. The molecule has 2 aliphatic rings. The van der Waals surface area contributed by atoms with Crippen molar-refractivity contribution < 1.29 is 24.2 Å². The van der Waals surface area contributed by atoms with E-state index in [1.165, 1.54) is 22.3 Å². The summed E-state index contributed by atoms with van der Waals surface area (Å²) in [7, 11) is 0. The quantitative estimate of drug-likeness (QED) is 0.568. The summed E-state index contributed by atoms with van der Waals surface area (Å²) >= 11 is 0. The lowest BCUT2D eigenvalue weighted by Crippen LogP contribution is -2.45. The van der Waals surface area contributed by atoms with Crippen LogP contribution in [0.1, 0.15) is 63.0 Å². The maximum atomic E-state index is 12.7. The second kappa shape index (κ2) is 10.5. The molecule has 1 atom stereocenters. The van der Waals surface area contributed by atoms with Gasteiger partial charge in [-0.25, -0.2) is 4.79 Å². The zero-order chi connectivity index (χ0) is 25.0. The molecule has 0 radical (unpaired) electrons. The minimum absolute atomic E-state index is 0.00484. The van der Waals surface area contributed by atoms with Gasteiger partial charge in [0, 0.05) is 31.5 Å². The summed E-state index contributed by atoms with van der Waals surface area (Å²) in [6.45, 7) is 4.88. The van der Waals surface area contributed by atoms with E-state index in [9.17, 15) is 19.5 Å². The Kier molecular flexibility index (Phi) is 7.43. The molecule has 0 bridgehead atoms. The third-order valence-corrected chi connectivity index (χ3v) is 7.60. The molecular formula is C28H34N2O5. The number of fused-ring (bicyclic) bond motifs is 3. The van der Waals surface area contributed by atoms with E-state index >= 15 is 0 Å². The van der Waals surface area contributed by atoms with Crippen molar-refractivity contribution in [3.05, 3.63) is 59.7 Å². The lowest BCUT2D eigenvalue weighted by Gasteiger charge is -2.36. The number of piperidine rings is 1. The Labute approximate surface area is 206 Å². The molecule has 4 rings (SSSR count).